The van der Waals surface area contributed by atoms with E-state index in [0.717, 1.165) is 11.0 Å². The molecule has 0 aromatic heterocycles. The van der Waals surface area contributed by atoms with Crippen LogP contribution in [-0.4, -0.2) is 22.9 Å². The maximum Gasteiger partial charge on any atom is 0.328 e. The monoisotopic (exact) mass is 259 g/mol. The predicted molar refractivity (Wildman–Crippen MR) is 69.4 cm³/mol. The highest BCUT2D eigenvalue weighted by Crippen LogP contribution is 2.26. The van der Waals surface area contributed by atoms with E-state index in [-0.39, 0.29) is 24.2 Å². The van der Waals surface area contributed by atoms with E-state index in [1.54, 1.807) is 31.2 Å². The van der Waals surface area contributed by atoms with Crippen LogP contribution in [0.5, 0.6) is 0 Å². The second kappa shape index (κ2) is 5.06. The van der Waals surface area contributed by atoms with Gasteiger partial charge in [-0.2, -0.15) is 0 Å². The average Bonchev–Trinajstić information content (AvgIpc) is 2.61. The standard InChI is InChI=1S/C14H13NO4/c1-9-7-12(16)15(14(9)19)11-4-2-3-10(8-11)5-6-13(17)18/h2-6,8-9H,7H2,1H3,(H,17,18). The summed E-state index contributed by atoms with van der Waals surface area (Å²) in [7, 11) is 0. The molecular weight excluding hydrogens is 246 g/mol. The summed E-state index contributed by atoms with van der Waals surface area (Å²) in [4.78, 5) is 35.3. The van der Waals surface area contributed by atoms with Crippen LogP contribution in [0.1, 0.15) is 18.9 Å². The van der Waals surface area contributed by atoms with Gasteiger partial charge in [-0.25, -0.2) is 4.79 Å². The van der Waals surface area contributed by atoms with Gasteiger partial charge in [0, 0.05) is 18.4 Å². The lowest BCUT2D eigenvalue weighted by Crippen LogP contribution is -2.29. The molecule has 1 saturated heterocycles. The molecule has 0 aliphatic carbocycles. The zero-order valence-corrected chi connectivity index (χ0v) is 10.4. The highest BCUT2D eigenvalue weighted by atomic mass is 16.4. The first-order chi connectivity index (χ1) is 8.99. The smallest absolute Gasteiger partial charge is 0.328 e. The molecule has 1 heterocycles. The van der Waals surface area contributed by atoms with Crippen LogP contribution >= 0.6 is 0 Å². The lowest BCUT2D eigenvalue weighted by atomic mass is 10.1. The number of carbonyl (C=O) groups excluding carboxylic acids is 2. The Bertz CT molecular complexity index is 577. The van der Waals surface area contributed by atoms with Crippen molar-refractivity contribution in [3.05, 3.63) is 35.9 Å². The number of hydrogen-bond acceptors (Lipinski definition) is 3. The summed E-state index contributed by atoms with van der Waals surface area (Å²) in [5.41, 5.74) is 1.10. The van der Waals surface area contributed by atoms with Gasteiger partial charge in [-0.3, -0.25) is 14.5 Å². The average molecular weight is 259 g/mol. The Morgan fingerprint density at radius 2 is 2.16 bits per heavy atom. The Hall–Kier alpha value is -2.43. The fourth-order valence-electron chi connectivity index (χ4n) is 1.99. The van der Waals surface area contributed by atoms with Gasteiger partial charge in [0.25, 0.3) is 0 Å². The molecule has 5 heteroatoms. The molecule has 19 heavy (non-hydrogen) atoms. The molecule has 0 bridgehead atoms. The molecule has 98 valence electrons. The minimum Gasteiger partial charge on any atom is -0.478 e. The van der Waals surface area contributed by atoms with Crippen LogP contribution in [0.3, 0.4) is 0 Å². The first-order valence-electron chi connectivity index (χ1n) is 5.87. The zero-order chi connectivity index (χ0) is 14.0. The molecule has 0 radical (unpaired) electrons. The maximum atomic E-state index is 11.9. The third kappa shape index (κ3) is 2.70. The lowest BCUT2D eigenvalue weighted by molar-refractivity contribution is -0.131. The molecule has 0 saturated carbocycles. The van der Waals surface area contributed by atoms with Crippen molar-refractivity contribution >= 4 is 29.5 Å². The number of benzene rings is 1. The van der Waals surface area contributed by atoms with Gasteiger partial charge in [0.05, 0.1) is 5.69 Å². The quantitative estimate of drug-likeness (QED) is 0.662. The number of rotatable bonds is 3. The number of amides is 2. The minimum atomic E-state index is -1.05. The molecule has 1 aliphatic rings. The second-order valence-electron chi connectivity index (χ2n) is 4.44. The number of hydrogen-bond donors (Lipinski definition) is 1. The van der Waals surface area contributed by atoms with Gasteiger partial charge in [-0.15, -0.1) is 0 Å². The topological polar surface area (TPSA) is 74.7 Å². The Kier molecular flexibility index (Phi) is 3.46. The zero-order valence-electron chi connectivity index (χ0n) is 10.4. The summed E-state index contributed by atoms with van der Waals surface area (Å²) in [5, 5.41) is 8.57. The van der Waals surface area contributed by atoms with Crippen molar-refractivity contribution in [1.82, 2.24) is 0 Å². The summed E-state index contributed by atoms with van der Waals surface area (Å²) in [6, 6.07) is 6.66. The highest BCUT2D eigenvalue weighted by molar-refractivity contribution is 6.20. The summed E-state index contributed by atoms with van der Waals surface area (Å²) in [5.74, 6) is -1.79. The molecule has 1 aromatic rings. The summed E-state index contributed by atoms with van der Waals surface area (Å²) < 4.78 is 0. The fourth-order valence-corrected chi connectivity index (χ4v) is 1.99. The molecule has 0 spiro atoms. The van der Waals surface area contributed by atoms with E-state index in [0.29, 0.717) is 11.3 Å². The number of anilines is 1. The van der Waals surface area contributed by atoms with Gasteiger partial charge in [0.1, 0.15) is 0 Å². The molecule has 2 rings (SSSR count). The SMILES string of the molecule is CC1CC(=O)N(c2cccc(C=CC(=O)O)c2)C1=O. The van der Waals surface area contributed by atoms with E-state index in [9.17, 15) is 14.4 Å². The molecule has 1 aliphatic heterocycles. The highest BCUT2D eigenvalue weighted by Gasteiger charge is 2.36. The number of nitrogens with zero attached hydrogens (tertiary/aromatic N) is 1. The first kappa shape index (κ1) is 13.0. The van der Waals surface area contributed by atoms with Gasteiger partial charge in [0.15, 0.2) is 0 Å². The van der Waals surface area contributed by atoms with Crippen LogP contribution in [0.15, 0.2) is 30.3 Å². The molecule has 1 N–H and O–H groups in total. The Morgan fingerprint density at radius 1 is 1.42 bits per heavy atom. The molecule has 1 fully saturated rings. The van der Waals surface area contributed by atoms with Crippen molar-refractivity contribution < 1.29 is 19.5 Å². The van der Waals surface area contributed by atoms with Gasteiger partial charge in [-0.1, -0.05) is 19.1 Å². The minimum absolute atomic E-state index is 0.216. The van der Waals surface area contributed by atoms with E-state index in [2.05, 4.69) is 0 Å². The van der Waals surface area contributed by atoms with Gasteiger partial charge in [-0.05, 0) is 23.8 Å². The van der Waals surface area contributed by atoms with Gasteiger partial charge >= 0.3 is 5.97 Å². The number of carbonyl (C=O) groups is 3. The number of carboxylic acid groups (broad SMARTS) is 1. The van der Waals surface area contributed by atoms with Crippen LogP contribution in [-0.2, 0) is 14.4 Å². The van der Waals surface area contributed by atoms with E-state index in [1.807, 2.05) is 0 Å². The third-order valence-electron chi connectivity index (χ3n) is 2.92. The van der Waals surface area contributed by atoms with E-state index in [4.69, 9.17) is 5.11 Å². The third-order valence-corrected chi connectivity index (χ3v) is 2.92. The molecule has 1 aromatic carbocycles. The lowest BCUT2D eigenvalue weighted by Gasteiger charge is -2.14. The van der Waals surface area contributed by atoms with Gasteiger partial charge in [0.2, 0.25) is 11.8 Å². The Labute approximate surface area is 110 Å². The van der Waals surface area contributed by atoms with Crippen molar-refractivity contribution in [1.29, 1.82) is 0 Å². The van der Waals surface area contributed by atoms with Crippen LogP contribution in [0.2, 0.25) is 0 Å². The predicted octanol–water partition coefficient (Wildman–Crippen LogP) is 1.68. The molecule has 1 atom stereocenters. The van der Waals surface area contributed by atoms with Crippen molar-refractivity contribution in [3.8, 4) is 0 Å². The largest absolute Gasteiger partial charge is 0.478 e. The Balaban J connectivity index is 2.31. The Morgan fingerprint density at radius 3 is 2.74 bits per heavy atom. The maximum absolute atomic E-state index is 11.9. The van der Waals surface area contributed by atoms with Gasteiger partial charge < -0.3 is 5.11 Å². The second-order valence-corrected chi connectivity index (χ2v) is 4.44. The fraction of sp³-hybridized carbons (Fsp3) is 0.214. The normalized spacial score (nSPS) is 19.4. The van der Waals surface area contributed by atoms with Crippen LogP contribution in [0.25, 0.3) is 6.08 Å². The molecular formula is C14H13NO4. The summed E-state index contributed by atoms with van der Waals surface area (Å²) in [6.07, 6.45) is 2.64. The number of aliphatic carboxylic acids is 1. The van der Waals surface area contributed by atoms with E-state index < -0.39 is 5.97 Å². The van der Waals surface area contributed by atoms with Crippen molar-refractivity contribution in [2.75, 3.05) is 4.90 Å². The van der Waals surface area contributed by atoms with Crippen molar-refractivity contribution in [2.24, 2.45) is 5.92 Å². The van der Waals surface area contributed by atoms with Crippen LogP contribution < -0.4 is 4.90 Å². The first-order valence-corrected chi connectivity index (χ1v) is 5.87. The van der Waals surface area contributed by atoms with Crippen LogP contribution in [0, 0.1) is 5.92 Å². The number of carboxylic acids is 1. The summed E-state index contributed by atoms with van der Waals surface area (Å²) >= 11 is 0. The molecule has 1 unspecified atom stereocenters. The van der Waals surface area contributed by atoms with Crippen molar-refractivity contribution in [3.63, 3.8) is 0 Å². The van der Waals surface area contributed by atoms with E-state index in [1.165, 1.54) is 6.08 Å². The molecule has 2 amide bonds. The summed E-state index contributed by atoms with van der Waals surface area (Å²) in [6.45, 7) is 1.72. The number of imide groups is 1. The van der Waals surface area contributed by atoms with Crippen molar-refractivity contribution in [2.45, 2.75) is 13.3 Å². The van der Waals surface area contributed by atoms with E-state index >= 15 is 0 Å². The van der Waals surface area contributed by atoms with Crippen LogP contribution in [0.4, 0.5) is 5.69 Å². The molecule has 5 nitrogen and oxygen atoms in total.